The van der Waals surface area contributed by atoms with Crippen molar-refractivity contribution in [1.29, 1.82) is 0 Å². The van der Waals surface area contributed by atoms with Crippen molar-refractivity contribution >= 4 is 45.9 Å². The zero-order valence-corrected chi connectivity index (χ0v) is 13.7. The Morgan fingerprint density at radius 1 is 1.38 bits per heavy atom. The van der Waals surface area contributed by atoms with Gasteiger partial charge in [-0.1, -0.05) is 0 Å². The molecule has 2 amide bonds. The summed E-state index contributed by atoms with van der Waals surface area (Å²) in [6.45, 7) is 3.69. The predicted octanol–water partition coefficient (Wildman–Crippen LogP) is 1.62. The number of thiophene rings is 1. The number of anilines is 1. The van der Waals surface area contributed by atoms with Crippen molar-refractivity contribution in [3.8, 4) is 0 Å². The average molecular weight is 328 g/mol. The van der Waals surface area contributed by atoms with Gasteiger partial charge in [0.05, 0.1) is 24.3 Å². The van der Waals surface area contributed by atoms with Crippen molar-refractivity contribution in [2.45, 2.75) is 13.8 Å². The number of nitrogens with zero attached hydrogens (tertiary/aromatic N) is 1. The number of rotatable bonds is 4. The minimum atomic E-state index is -0.472. The molecule has 0 aliphatic carbocycles. The third kappa shape index (κ3) is 3.38. The highest BCUT2D eigenvalue weighted by Gasteiger charge is 2.25. The van der Waals surface area contributed by atoms with Gasteiger partial charge in [-0.05, 0) is 19.4 Å². The van der Waals surface area contributed by atoms with E-state index in [0.717, 1.165) is 10.4 Å². The van der Waals surface area contributed by atoms with Gasteiger partial charge in [0.2, 0.25) is 11.8 Å². The lowest BCUT2D eigenvalue weighted by Crippen LogP contribution is -2.34. The molecule has 0 radical (unpaired) electrons. The third-order valence-electron chi connectivity index (χ3n) is 3.19. The number of aryl methyl sites for hydroxylation is 1. The molecule has 2 rings (SSSR count). The number of amides is 2. The van der Waals surface area contributed by atoms with Crippen LogP contribution in [0.15, 0.2) is 0 Å². The van der Waals surface area contributed by atoms with Crippen LogP contribution in [0, 0.1) is 13.8 Å². The largest absolute Gasteiger partial charge is 0.465 e. The minimum Gasteiger partial charge on any atom is -0.465 e. The summed E-state index contributed by atoms with van der Waals surface area (Å²) in [5, 5.41) is 3.18. The first-order chi connectivity index (χ1) is 9.93. The van der Waals surface area contributed by atoms with E-state index < -0.39 is 5.97 Å². The molecule has 0 aromatic carbocycles. The van der Waals surface area contributed by atoms with Crippen molar-refractivity contribution in [2.24, 2.45) is 0 Å². The molecular formula is C13H16N2O4S2. The molecule has 0 spiro atoms. The van der Waals surface area contributed by atoms with Crippen LogP contribution in [0.25, 0.3) is 0 Å². The first-order valence-electron chi connectivity index (χ1n) is 6.27. The SMILES string of the molecule is COC(=O)c1c(NC(=O)CN2CSCC2=O)sc(C)c1C. The molecule has 1 N–H and O–H groups in total. The van der Waals surface area contributed by atoms with Gasteiger partial charge in [-0.15, -0.1) is 23.1 Å². The molecule has 6 nitrogen and oxygen atoms in total. The number of methoxy groups -OCH3 is 1. The molecule has 1 aliphatic heterocycles. The van der Waals surface area contributed by atoms with E-state index in [4.69, 9.17) is 4.74 Å². The maximum Gasteiger partial charge on any atom is 0.341 e. The highest BCUT2D eigenvalue weighted by Crippen LogP contribution is 2.33. The fraction of sp³-hybridized carbons (Fsp3) is 0.462. The second-order valence-corrected chi connectivity index (χ2v) is 6.78. The molecule has 1 saturated heterocycles. The summed E-state index contributed by atoms with van der Waals surface area (Å²) in [7, 11) is 1.31. The van der Waals surface area contributed by atoms with Gasteiger partial charge in [-0.3, -0.25) is 9.59 Å². The summed E-state index contributed by atoms with van der Waals surface area (Å²) in [5.41, 5.74) is 1.19. The van der Waals surface area contributed by atoms with E-state index in [1.54, 1.807) is 0 Å². The van der Waals surface area contributed by atoms with Crippen LogP contribution >= 0.6 is 23.1 Å². The monoisotopic (exact) mass is 328 g/mol. The Bertz CT molecular complexity index is 597. The highest BCUT2D eigenvalue weighted by atomic mass is 32.2. The number of hydrogen-bond donors (Lipinski definition) is 1. The quantitative estimate of drug-likeness (QED) is 0.850. The Labute approximate surface area is 130 Å². The number of carbonyl (C=O) groups is 3. The number of esters is 1. The standard InChI is InChI=1S/C13H16N2O4S2/c1-7-8(2)21-12(11(7)13(18)19-3)14-9(16)4-15-6-20-5-10(15)17/h4-6H2,1-3H3,(H,14,16). The first kappa shape index (κ1) is 15.8. The third-order valence-corrected chi connectivity index (χ3v) is 5.26. The van der Waals surface area contributed by atoms with Crippen LogP contribution in [0.5, 0.6) is 0 Å². The van der Waals surface area contributed by atoms with Gasteiger partial charge in [0.25, 0.3) is 0 Å². The number of hydrogen-bond acceptors (Lipinski definition) is 6. The normalized spacial score (nSPS) is 14.4. The number of thioether (sulfide) groups is 1. The molecule has 1 aromatic rings. The molecular weight excluding hydrogens is 312 g/mol. The second kappa shape index (κ2) is 6.48. The number of carbonyl (C=O) groups excluding carboxylic acids is 3. The van der Waals surface area contributed by atoms with Crippen LogP contribution in [-0.2, 0) is 14.3 Å². The number of ether oxygens (including phenoxy) is 1. The van der Waals surface area contributed by atoms with Crippen LogP contribution in [0.2, 0.25) is 0 Å². The van der Waals surface area contributed by atoms with Crippen molar-refractivity contribution in [2.75, 3.05) is 30.6 Å². The van der Waals surface area contributed by atoms with E-state index in [1.807, 2.05) is 13.8 Å². The Morgan fingerprint density at radius 3 is 2.67 bits per heavy atom. The Balaban J connectivity index is 2.12. The fourth-order valence-corrected chi connectivity index (χ4v) is 3.91. The van der Waals surface area contributed by atoms with E-state index in [0.29, 0.717) is 22.2 Å². The van der Waals surface area contributed by atoms with Gasteiger partial charge < -0.3 is 15.0 Å². The van der Waals surface area contributed by atoms with Gasteiger partial charge >= 0.3 is 5.97 Å². The molecule has 1 aromatic heterocycles. The van der Waals surface area contributed by atoms with Gasteiger partial charge in [-0.2, -0.15) is 0 Å². The molecule has 2 heterocycles. The lowest BCUT2D eigenvalue weighted by atomic mass is 10.1. The van der Waals surface area contributed by atoms with Crippen molar-refractivity contribution in [3.05, 3.63) is 16.0 Å². The van der Waals surface area contributed by atoms with Crippen LogP contribution < -0.4 is 5.32 Å². The van der Waals surface area contributed by atoms with E-state index in [-0.39, 0.29) is 18.4 Å². The number of nitrogens with one attached hydrogen (secondary N) is 1. The first-order valence-corrected chi connectivity index (χ1v) is 8.24. The van der Waals surface area contributed by atoms with Crippen LogP contribution in [0.1, 0.15) is 20.8 Å². The molecule has 0 unspecified atom stereocenters. The molecule has 0 bridgehead atoms. The summed E-state index contributed by atoms with van der Waals surface area (Å²) in [5.74, 6) is 0.121. The van der Waals surface area contributed by atoms with Crippen LogP contribution in [0.4, 0.5) is 5.00 Å². The second-order valence-electron chi connectivity index (χ2n) is 4.60. The topological polar surface area (TPSA) is 75.7 Å². The molecule has 1 fully saturated rings. The van der Waals surface area contributed by atoms with Gasteiger partial charge in [0, 0.05) is 4.88 Å². The van der Waals surface area contributed by atoms with Crippen LogP contribution in [-0.4, -0.2) is 48.0 Å². The van der Waals surface area contributed by atoms with E-state index >= 15 is 0 Å². The maximum atomic E-state index is 12.0. The Hall–Kier alpha value is -1.54. The van der Waals surface area contributed by atoms with E-state index in [9.17, 15) is 14.4 Å². The zero-order valence-electron chi connectivity index (χ0n) is 12.0. The maximum absolute atomic E-state index is 12.0. The Kier molecular flexibility index (Phi) is 4.89. The summed E-state index contributed by atoms with van der Waals surface area (Å²) >= 11 is 2.81. The Morgan fingerprint density at radius 2 is 2.10 bits per heavy atom. The lowest BCUT2D eigenvalue weighted by Gasteiger charge is -2.14. The summed E-state index contributed by atoms with van der Waals surface area (Å²) < 4.78 is 4.75. The molecule has 21 heavy (non-hydrogen) atoms. The molecule has 8 heteroatoms. The van der Waals surface area contributed by atoms with E-state index in [1.165, 1.54) is 35.1 Å². The minimum absolute atomic E-state index is 0.00242. The predicted molar refractivity (Wildman–Crippen MR) is 82.8 cm³/mol. The van der Waals surface area contributed by atoms with Gasteiger partial charge in [0.15, 0.2) is 0 Å². The fourth-order valence-electron chi connectivity index (χ4n) is 1.94. The highest BCUT2D eigenvalue weighted by molar-refractivity contribution is 8.00. The van der Waals surface area contributed by atoms with Crippen molar-refractivity contribution in [3.63, 3.8) is 0 Å². The average Bonchev–Trinajstić information content (AvgIpc) is 2.94. The van der Waals surface area contributed by atoms with E-state index in [2.05, 4.69) is 5.32 Å². The van der Waals surface area contributed by atoms with Crippen molar-refractivity contribution in [1.82, 2.24) is 4.90 Å². The lowest BCUT2D eigenvalue weighted by molar-refractivity contribution is -0.130. The van der Waals surface area contributed by atoms with Crippen LogP contribution in [0.3, 0.4) is 0 Å². The summed E-state index contributed by atoms with van der Waals surface area (Å²) in [6.07, 6.45) is 0. The molecule has 1 aliphatic rings. The summed E-state index contributed by atoms with van der Waals surface area (Å²) in [4.78, 5) is 37.8. The smallest absolute Gasteiger partial charge is 0.341 e. The summed E-state index contributed by atoms with van der Waals surface area (Å²) in [6, 6.07) is 0. The molecule has 0 saturated carbocycles. The molecule has 114 valence electrons. The van der Waals surface area contributed by atoms with Gasteiger partial charge in [-0.25, -0.2) is 4.79 Å². The zero-order chi connectivity index (χ0) is 15.6. The van der Waals surface area contributed by atoms with Gasteiger partial charge in [0.1, 0.15) is 11.5 Å². The molecule has 0 atom stereocenters. The van der Waals surface area contributed by atoms with Crippen molar-refractivity contribution < 1.29 is 19.1 Å².